The zero-order valence-corrected chi connectivity index (χ0v) is 38.5. The van der Waals surface area contributed by atoms with Crippen LogP contribution in [-0.2, 0) is 0 Å². The highest BCUT2D eigenvalue weighted by atomic mass is 15.2. The molecule has 3 aromatic carbocycles. The topological polar surface area (TPSA) is 37.0 Å². The summed E-state index contributed by atoms with van der Waals surface area (Å²) >= 11 is 0. The molecule has 0 aliphatic heterocycles. The molecule has 6 nitrogen and oxygen atoms in total. The molecule has 0 saturated heterocycles. The van der Waals surface area contributed by atoms with Crippen molar-refractivity contribution in [3.8, 4) is 0 Å². The summed E-state index contributed by atoms with van der Waals surface area (Å²) < 4.78 is 0. The van der Waals surface area contributed by atoms with Crippen LogP contribution in [0.4, 0.5) is 34.1 Å². The second-order valence-electron chi connectivity index (χ2n) is 16.9. The third-order valence-electron chi connectivity index (χ3n) is 12.0. The van der Waals surface area contributed by atoms with Gasteiger partial charge in [-0.05, 0) is 149 Å². The number of nitrogens with one attached hydrogen (secondary N) is 2. The molecule has 2 aliphatic carbocycles. The lowest BCUT2D eigenvalue weighted by Gasteiger charge is -2.37. The van der Waals surface area contributed by atoms with E-state index in [9.17, 15) is 0 Å². The maximum absolute atomic E-state index is 3.70. The van der Waals surface area contributed by atoms with E-state index in [1.165, 1.54) is 117 Å². The van der Waals surface area contributed by atoms with Crippen molar-refractivity contribution in [2.45, 2.75) is 144 Å². The van der Waals surface area contributed by atoms with Crippen LogP contribution in [0.1, 0.15) is 138 Å². The SMILES string of the molecule is CCCCNC1=CC=C(N(c2ccc(N(c3ccc(NCCCC)cc3)c3ccc(N(CCCC)CCCC)cc3)cc2)C2C=CC(N(CCCC)CCCC)=CC2)CC1. The van der Waals surface area contributed by atoms with Gasteiger partial charge < -0.3 is 30.2 Å². The molecule has 326 valence electrons. The lowest BCUT2D eigenvalue weighted by Crippen LogP contribution is -2.36. The van der Waals surface area contributed by atoms with Crippen LogP contribution in [-0.4, -0.2) is 50.2 Å². The van der Waals surface area contributed by atoms with E-state index < -0.39 is 0 Å². The number of anilines is 6. The molecule has 0 saturated carbocycles. The molecule has 2 N–H and O–H groups in total. The molecule has 0 aromatic heterocycles. The summed E-state index contributed by atoms with van der Waals surface area (Å²) in [7, 11) is 0. The maximum atomic E-state index is 3.70. The first-order valence-corrected chi connectivity index (χ1v) is 24.2. The van der Waals surface area contributed by atoms with Crippen LogP contribution in [0.3, 0.4) is 0 Å². The zero-order chi connectivity index (χ0) is 42.4. The average molecular weight is 813 g/mol. The normalized spacial score (nSPS) is 14.9. The van der Waals surface area contributed by atoms with Crippen LogP contribution in [0.15, 0.2) is 120 Å². The summed E-state index contributed by atoms with van der Waals surface area (Å²) in [5.41, 5.74) is 11.4. The molecule has 5 rings (SSSR count). The van der Waals surface area contributed by atoms with Gasteiger partial charge in [-0.25, -0.2) is 0 Å². The van der Waals surface area contributed by atoms with Gasteiger partial charge in [0.15, 0.2) is 0 Å². The van der Waals surface area contributed by atoms with Crippen molar-refractivity contribution in [1.82, 2.24) is 10.2 Å². The maximum Gasteiger partial charge on any atom is 0.0558 e. The summed E-state index contributed by atoms with van der Waals surface area (Å²) in [6, 6.07) is 27.9. The van der Waals surface area contributed by atoms with Gasteiger partial charge >= 0.3 is 0 Å². The lowest BCUT2D eigenvalue weighted by molar-refractivity contribution is 0.337. The second-order valence-corrected chi connectivity index (χ2v) is 16.9. The van der Waals surface area contributed by atoms with Gasteiger partial charge in [0.25, 0.3) is 0 Å². The molecule has 60 heavy (non-hydrogen) atoms. The molecule has 0 radical (unpaired) electrons. The van der Waals surface area contributed by atoms with Crippen LogP contribution < -0.4 is 25.3 Å². The van der Waals surface area contributed by atoms with Crippen molar-refractivity contribution >= 4 is 34.1 Å². The number of hydrogen-bond acceptors (Lipinski definition) is 6. The number of hydrogen-bond donors (Lipinski definition) is 2. The average Bonchev–Trinajstić information content (AvgIpc) is 3.29. The van der Waals surface area contributed by atoms with Crippen LogP contribution in [0.2, 0.25) is 0 Å². The van der Waals surface area contributed by atoms with E-state index in [2.05, 4.69) is 175 Å². The Morgan fingerprint density at radius 1 is 0.500 bits per heavy atom. The smallest absolute Gasteiger partial charge is 0.0558 e. The van der Waals surface area contributed by atoms with Gasteiger partial charge in [0.2, 0.25) is 0 Å². The number of benzene rings is 3. The van der Waals surface area contributed by atoms with E-state index in [4.69, 9.17) is 0 Å². The summed E-state index contributed by atoms with van der Waals surface area (Å²) in [5, 5.41) is 7.32. The minimum Gasteiger partial charge on any atom is -0.388 e. The highest BCUT2D eigenvalue weighted by Crippen LogP contribution is 2.39. The molecular formula is C54H80N6. The Morgan fingerprint density at radius 3 is 1.47 bits per heavy atom. The fourth-order valence-electron chi connectivity index (χ4n) is 8.29. The number of rotatable bonds is 28. The molecule has 0 bridgehead atoms. The Balaban J connectivity index is 1.48. The van der Waals surface area contributed by atoms with Crippen LogP contribution >= 0.6 is 0 Å². The molecule has 1 atom stereocenters. The highest BCUT2D eigenvalue weighted by molar-refractivity contribution is 5.79. The van der Waals surface area contributed by atoms with Crippen molar-refractivity contribution in [1.29, 1.82) is 0 Å². The quantitative estimate of drug-likeness (QED) is 0.0712. The van der Waals surface area contributed by atoms with Gasteiger partial charge in [-0.2, -0.15) is 0 Å². The van der Waals surface area contributed by atoms with Crippen molar-refractivity contribution in [3.63, 3.8) is 0 Å². The van der Waals surface area contributed by atoms with Gasteiger partial charge in [-0.15, -0.1) is 0 Å². The minimum absolute atomic E-state index is 0.257. The number of nitrogens with zero attached hydrogens (tertiary/aromatic N) is 4. The number of unbranched alkanes of at least 4 members (excludes halogenated alkanes) is 6. The molecule has 3 aromatic rings. The number of allylic oxidation sites excluding steroid dienone is 5. The summed E-state index contributed by atoms with van der Waals surface area (Å²) in [6.45, 7) is 20.2. The molecule has 2 aliphatic rings. The van der Waals surface area contributed by atoms with E-state index in [-0.39, 0.29) is 6.04 Å². The minimum atomic E-state index is 0.257. The lowest BCUT2D eigenvalue weighted by atomic mass is 9.99. The summed E-state index contributed by atoms with van der Waals surface area (Å²) in [6.07, 6.45) is 29.7. The Hall–Kier alpha value is -4.58. The van der Waals surface area contributed by atoms with E-state index in [1.807, 2.05) is 0 Å². The molecule has 6 heteroatoms. The summed E-state index contributed by atoms with van der Waals surface area (Å²) in [5.74, 6) is 0. The van der Waals surface area contributed by atoms with Gasteiger partial charge in [0.05, 0.1) is 6.04 Å². The van der Waals surface area contributed by atoms with Crippen LogP contribution in [0.25, 0.3) is 0 Å². The first-order chi connectivity index (χ1) is 29.5. The Kier molecular flexibility index (Phi) is 20.1. The van der Waals surface area contributed by atoms with Gasteiger partial charge in [0, 0.05) is 90.5 Å². The van der Waals surface area contributed by atoms with Crippen molar-refractivity contribution in [2.75, 3.05) is 59.3 Å². The van der Waals surface area contributed by atoms with E-state index in [1.54, 1.807) is 0 Å². The molecule has 0 heterocycles. The van der Waals surface area contributed by atoms with Crippen LogP contribution in [0, 0.1) is 0 Å². The third kappa shape index (κ3) is 13.7. The first-order valence-electron chi connectivity index (χ1n) is 24.2. The van der Waals surface area contributed by atoms with E-state index in [0.29, 0.717) is 0 Å². The highest BCUT2D eigenvalue weighted by Gasteiger charge is 2.25. The molecule has 1 unspecified atom stereocenters. The first kappa shape index (κ1) is 46.5. The fourth-order valence-corrected chi connectivity index (χ4v) is 8.29. The van der Waals surface area contributed by atoms with Crippen molar-refractivity contribution in [3.05, 3.63) is 120 Å². The second kappa shape index (κ2) is 25.9. The predicted molar refractivity (Wildman–Crippen MR) is 264 cm³/mol. The van der Waals surface area contributed by atoms with E-state index in [0.717, 1.165) is 69.9 Å². The summed E-state index contributed by atoms with van der Waals surface area (Å²) in [4.78, 5) is 10.2. The molecule has 0 fully saturated rings. The standard InChI is InChI=1S/C54H80N6/c1-7-13-39-55-45-19-23-49(24-20-45)59(51-31-27-47(28-32-51)57(41-15-9-3)42-16-10-4)53-35-37-54(38-36-53)60(50-25-21-46(22-26-50)56-40-14-8-2)52-33-29-48(30-34-52)58(43-17-11-5)44-18-12-6/h19-21,23-25,27-33,35-38,52,55-56H,7-18,22,26,34,39-44H2,1-6H3. The third-order valence-corrected chi connectivity index (χ3v) is 12.0. The molecular weight excluding hydrogens is 733 g/mol. The zero-order valence-electron chi connectivity index (χ0n) is 38.5. The molecule has 0 spiro atoms. The molecule has 0 amide bonds. The Morgan fingerprint density at radius 2 is 0.983 bits per heavy atom. The van der Waals surface area contributed by atoms with Crippen LogP contribution in [0.5, 0.6) is 0 Å². The van der Waals surface area contributed by atoms with E-state index >= 15 is 0 Å². The van der Waals surface area contributed by atoms with Gasteiger partial charge in [-0.3, -0.25) is 0 Å². The largest absolute Gasteiger partial charge is 0.388 e. The fraction of sp³-hybridized carbons (Fsp3) is 0.519. The van der Waals surface area contributed by atoms with Gasteiger partial charge in [-0.1, -0.05) is 92.2 Å². The van der Waals surface area contributed by atoms with Crippen molar-refractivity contribution in [2.24, 2.45) is 0 Å². The monoisotopic (exact) mass is 813 g/mol. The predicted octanol–water partition coefficient (Wildman–Crippen LogP) is 14.6. The Bertz CT molecular complexity index is 1750. The Labute approximate surface area is 366 Å². The van der Waals surface area contributed by atoms with Gasteiger partial charge in [0.1, 0.15) is 0 Å². The van der Waals surface area contributed by atoms with Crippen molar-refractivity contribution < 1.29 is 0 Å².